The number of aromatic nitrogens is 1. The minimum absolute atomic E-state index is 0.155. The maximum absolute atomic E-state index is 10.9. The Morgan fingerprint density at radius 2 is 2.17 bits per heavy atom. The number of methoxy groups -OCH3 is 1. The fourth-order valence-electron chi connectivity index (χ4n) is 1.60. The highest BCUT2D eigenvalue weighted by molar-refractivity contribution is 6.33. The topological polar surface area (TPSA) is 59.4 Å². The SMILES string of the molecule is COc1cc(C(=O)O)ccc1-c1ncccc1Cl. The predicted molar refractivity (Wildman–Crippen MR) is 68.2 cm³/mol. The van der Waals surface area contributed by atoms with E-state index in [-0.39, 0.29) is 5.56 Å². The summed E-state index contributed by atoms with van der Waals surface area (Å²) < 4.78 is 5.18. The summed E-state index contributed by atoms with van der Waals surface area (Å²) in [6, 6.07) is 8.02. The lowest BCUT2D eigenvalue weighted by Crippen LogP contribution is -1.98. The smallest absolute Gasteiger partial charge is 0.335 e. The van der Waals surface area contributed by atoms with E-state index < -0.39 is 5.97 Å². The van der Waals surface area contributed by atoms with Gasteiger partial charge in [-0.25, -0.2) is 4.79 Å². The molecule has 0 saturated carbocycles. The number of carboxylic acid groups (broad SMARTS) is 1. The van der Waals surface area contributed by atoms with Crippen LogP contribution in [0.3, 0.4) is 0 Å². The third kappa shape index (κ3) is 2.28. The maximum atomic E-state index is 10.9. The minimum Gasteiger partial charge on any atom is -0.496 e. The summed E-state index contributed by atoms with van der Waals surface area (Å²) in [7, 11) is 1.47. The molecule has 0 aliphatic heterocycles. The zero-order valence-electron chi connectivity index (χ0n) is 9.55. The molecule has 0 bridgehead atoms. The number of nitrogens with zero attached hydrogens (tertiary/aromatic N) is 1. The van der Waals surface area contributed by atoms with Gasteiger partial charge in [0, 0.05) is 11.8 Å². The number of pyridine rings is 1. The fraction of sp³-hybridized carbons (Fsp3) is 0.0769. The summed E-state index contributed by atoms with van der Waals surface area (Å²) in [5, 5.41) is 9.41. The number of hydrogen-bond acceptors (Lipinski definition) is 3. The van der Waals surface area contributed by atoms with Crippen molar-refractivity contribution in [2.45, 2.75) is 0 Å². The van der Waals surface area contributed by atoms with Crippen LogP contribution in [0.15, 0.2) is 36.5 Å². The monoisotopic (exact) mass is 263 g/mol. The molecule has 0 aliphatic carbocycles. The van der Waals surface area contributed by atoms with E-state index in [9.17, 15) is 4.79 Å². The molecule has 0 atom stereocenters. The molecule has 2 aromatic rings. The van der Waals surface area contributed by atoms with Gasteiger partial charge in [0.2, 0.25) is 0 Å². The molecule has 4 nitrogen and oxygen atoms in total. The van der Waals surface area contributed by atoms with Crippen LogP contribution in [0.2, 0.25) is 5.02 Å². The van der Waals surface area contributed by atoms with Gasteiger partial charge in [-0.15, -0.1) is 0 Å². The first-order valence-corrected chi connectivity index (χ1v) is 5.53. The van der Waals surface area contributed by atoms with Crippen molar-refractivity contribution in [3.63, 3.8) is 0 Å². The second-order valence-corrected chi connectivity index (χ2v) is 3.96. The van der Waals surface area contributed by atoms with E-state index in [4.69, 9.17) is 21.4 Å². The molecule has 5 heteroatoms. The van der Waals surface area contributed by atoms with Crippen molar-refractivity contribution in [2.24, 2.45) is 0 Å². The van der Waals surface area contributed by atoms with Gasteiger partial charge in [0.25, 0.3) is 0 Å². The average molecular weight is 264 g/mol. The Morgan fingerprint density at radius 1 is 1.39 bits per heavy atom. The fourth-order valence-corrected chi connectivity index (χ4v) is 1.83. The highest BCUT2D eigenvalue weighted by Gasteiger charge is 2.13. The van der Waals surface area contributed by atoms with Gasteiger partial charge in [-0.05, 0) is 30.3 Å². The largest absolute Gasteiger partial charge is 0.496 e. The van der Waals surface area contributed by atoms with E-state index in [0.717, 1.165) is 0 Å². The quantitative estimate of drug-likeness (QED) is 0.924. The molecule has 1 N–H and O–H groups in total. The number of rotatable bonds is 3. The van der Waals surface area contributed by atoms with Crippen LogP contribution < -0.4 is 4.74 Å². The summed E-state index contributed by atoms with van der Waals surface area (Å²) in [4.78, 5) is 15.1. The third-order valence-corrected chi connectivity index (χ3v) is 2.77. The van der Waals surface area contributed by atoms with E-state index in [2.05, 4.69) is 4.98 Å². The molecule has 92 valence electrons. The van der Waals surface area contributed by atoms with Crippen LogP contribution in [0, 0.1) is 0 Å². The highest BCUT2D eigenvalue weighted by atomic mass is 35.5. The van der Waals surface area contributed by atoms with Crippen LogP contribution >= 0.6 is 11.6 Å². The number of ether oxygens (including phenoxy) is 1. The standard InChI is InChI=1S/C13H10ClNO3/c1-18-11-7-8(13(16)17)4-5-9(11)12-10(14)3-2-6-15-12/h2-7H,1H3,(H,16,17). The number of carbonyl (C=O) groups is 1. The molecule has 0 aliphatic rings. The Balaban J connectivity index is 2.58. The summed E-state index contributed by atoms with van der Waals surface area (Å²) in [6.07, 6.45) is 1.62. The summed E-state index contributed by atoms with van der Waals surface area (Å²) >= 11 is 6.06. The molecule has 0 fully saturated rings. The maximum Gasteiger partial charge on any atom is 0.335 e. The summed E-state index contributed by atoms with van der Waals surface area (Å²) in [6.45, 7) is 0. The van der Waals surface area contributed by atoms with Crippen molar-refractivity contribution < 1.29 is 14.6 Å². The molecule has 2 rings (SSSR count). The van der Waals surface area contributed by atoms with Gasteiger partial charge in [-0.3, -0.25) is 4.98 Å². The van der Waals surface area contributed by atoms with E-state index in [1.54, 1.807) is 24.4 Å². The van der Waals surface area contributed by atoms with Crippen molar-refractivity contribution in [1.82, 2.24) is 4.98 Å². The van der Waals surface area contributed by atoms with Crippen molar-refractivity contribution in [3.8, 4) is 17.0 Å². The lowest BCUT2D eigenvalue weighted by Gasteiger charge is -2.09. The molecule has 1 heterocycles. The van der Waals surface area contributed by atoms with E-state index in [1.165, 1.54) is 19.2 Å². The van der Waals surface area contributed by atoms with Crippen LogP contribution in [0.1, 0.15) is 10.4 Å². The highest BCUT2D eigenvalue weighted by Crippen LogP contribution is 2.33. The molecular formula is C13H10ClNO3. The van der Waals surface area contributed by atoms with Crippen molar-refractivity contribution >= 4 is 17.6 Å². The number of hydrogen-bond donors (Lipinski definition) is 1. The first-order valence-electron chi connectivity index (χ1n) is 5.15. The summed E-state index contributed by atoms with van der Waals surface area (Å²) in [5.74, 6) is -0.581. The Kier molecular flexibility index (Phi) is 3.48. The number of aromatic carboxylic acids is 1. The van der Waals surface area contributed by atoms with Crippen LogP contribution in [-0.4, -0.2) is 23.2 Å². The second kappa shape index (κ2) is 5.06. The Labute approximate surface area is 109 Å². The lowest BCUT2D eigenvalue weighted by molar-refractivity contribution is 0.0696. The van der Waals surface area contributed by atoms with Crippen LogP contribution in [0.25, 0.3) is 11.3 Å². The molecule has 0 unspecified atom stereocenters. The van der Waals surface area contributed by atoms with Gasteiger partial charge in [-0.1, -0.05) is 11.6 Å². The van der Waals surface area contributed by atoms with E-state index >= 15 is 0 Å². The normalized spacial score (nSPS) is 10.1. The first kappa shape index (κ1) is 12.4. The molecule has 1 aromatic carbocycles. The Morgan fingerprint density at radius 3 is 2.78 bits per heavy atom. The molecule has 0 amide bonds. The van der Waals surface area contributed by atoms with Crippen molar-refractivity contribution in [3.05, 3.63) is 47.1 Å². The van der Waals surface area contributed by atoms with Gasteiger partial charge >= 0.3 is 5.97 Å². The van der Waals surface area contributed by atoms with E-state index in [1.807, 2.05) is 0 Å². The van der Waals surface area contributed by atoms with Crippen molar-refractivity contribution in [1.29, 1.82) is 0 Å². The first-order chi connectivity index (χ1) is 8.63. The molecule has 0 radical (unpaired) electrons. The number of halogens is 1. The third-order valence-electron chi connectivity index (χ3n) is 2.46. The number of carboxylic acids is 1. The van der Waals surface area contributed by atoms with Crippen LogP contribution in [0.4, 0.5) is 0 Å². The molecular weight excluding hydrogens is 254 g/mol. The molecule has 0 saturated heterocycles. The molecule has 1 aromatic heterocycles. The van der Waals surface area contributed by atoms with Gasteiger partial charge in [-0.2, -0.15) is 0 Å². The van der Waals surface area contributed by atoms with E-state index in [0.29, 0.717) is 22.0 Å². The van der Waals surface area contributed by atoms with Crippen molar-refractivity contribution in [2.75, 3.05) is 7.11 Å². The predicted octanol–water partition coefficient (Wildman–Crippen LogP) is 3.11. The van der Waals surface area contributed by atoms with Gasteiger partial charge in [0.05, 0.1) is 23.4 Å². The number of benzene rings is 1. The van der Waals surface area contributed by atoms with Gasteiger partial charge in [0.15, 0.2) is 0 Å². The Bertz CT molecular complexity index is 599. The summed E-state index contributed by atoms with van der Waals surface area (Å²) in [5.41, 5.74) is 1.38. The Hall–Kier alpha value is -2.07. The van der Waals surface area contributed by atoms with Gasteiger partial charge < -0.3 is 9.84 Å². The zero-order chi connectivity index (χ0) is 13.1. The van der Waals surface area contributed by atoms with Crippen LogP contribution in [-0.2, 0) is 0 Å². The van der Waals surface area contributed by atoms with Gasteiger partial charge in [0.1, 0.15) is 5.75 Å². The zero-order valence-corrected chi connectivity index (χ0v) is 10.3. The molecule has 0 spiro atoms. The second-order valence-electron chi connectivity index (χ2n) is 3.55. The average Bonchev–Trinajstić information content (AvgIpc) is 2.38. The van der Waals surface area contributed by atoms with Crippen LogP contribution in [0.5, 0.6) is 5.75 Å². The molecule has 18 heavy (non-hydrogen) atoms. The lowest BCUT2D eigenvalue weighted by atomic mass is 10.1. The minimum atomic E-state index is -1.01.